The number of anilines is 1. The smallest absolute Gasteiger partial charge is 0.251 e. The van der Waals surface area contributed by atoms with Crippen LogP contribution >= 0.6 is 0 Å². The first-order chi connectivity index (χ1) is 13.1. The van der Waals surface area contributed by atoms with Crippen molar-refractivity contribution in [3.63, 3.8) is 0 Å². The van der Waals surface area contributed by atoms with E-state index in [2.05, 4.69) is 24.4 Å². The number of nitrogens with zero attached hydrogens (tertiary/aromatic N) is 1. The molecule has 1 aliphatic heterocycles. The predicted molar refractivity (Wildman–Crippen MR) is 110 cm³/mol. The van der Waals surface area contributed by atoms with Crippen molar-refractivity contribution in [2.45, 2.75) is 90.5 Å². The highest BCUT2D eigenvalue weighted by molar-refractivity contribution is 6.01. The third-order valence-electron chi connectivity index (χ3n) is 5.56. The number of carbonyl (C=O) groups is 2. The Hall–Kier alpha value is -1.88. The highest BCUT2D eigenvalue weighted by Crippen LogP contribution is 2.34. The first-order valence-corrected chi connectivity index (χ1v) is 10.5. The van der Waals surface area contributed by atoms with Crippen molar-refractivity contribution >= 4 is 17.5 Å². The minimum Gasteiger partial charge on any atom is -0.295 e. The molecule has 1 saturated heterocycles. The van der Waals surface area contributed by atoms with E-state index >= 15 is 0 Å². The summed E-state index contributed by atoms with van der Waals surface area (Å²) in [5.41, 5.74) is 3.07. The molecule has 1 unspecified atom stereocenters. The van der Waals surface area contributed by atoms with Crippen LogP contribution in [0.15, 0.2) is 18.2 Å². The molecule has 1 aromatic carbocycles. The van der Waals surface area contributed by atoms with E-state index in [4.69, 9.17) is 0 Å². The summed E-state index contributed by atoms with van der Waals surface area (Å²) < 4.78 is 0. The summed E-state index contributed by atoms with van der Waals surface area (Å²) >= 11 is 0. The van der Waals surface area contributed by atoms with Gasteiger partial charge in [-0.2, -0.15) is 0 Å². The Morgan fingerprint density at radius 3 is 2.37 bits per heavy atom. The van der Waals surface area contributed by atoms with Crippen LogP contribution in [0, 0.1) is 0 Å². The van der Waals surface area contributed by atoms with E-state index in [1.54, 1.807) is 0 Å². The maximum Gasteiger partial charge on any atom is 0.251 e. The van der Waals surface area contributed by atoms with Gasteiger partial charge in [0, 0.05) is 7.85 Å². The molecule has 1 aliphatic carbocycles. The number of hydroxylamine groups is 1. The maximum absolute atomic E-state index is 12.0. The van der Waals surface area contributed by atoms with Crippen LogP contribution in [-0.2, 0) is 16.0 Å². The molecule has 2 N–H and O–H groups in total. The number of piperidine rings is 1. The van der Waals surface area contributed by atoms with Gasteiger partial charge in [0.1, 0.15) is 6.04 Å². The molecule has 2 aliphatic rings. The largest absolute Gasteiger partial charge is 0.295 e. The second-order valence-electron chi connectivity index (χ2n) is 7.24. The highest BCUT2D eigenvalue weighted by atomic mass is 16.5. The highest BCUT2D eigenvalue weighted by Gasteiger charge is 2.32. The van der Waals surface area contributed by atoms with Crippen molar-refractivity contribution in [2.24, 2.45) is 0 Å². The molecular weight excluding hydrogens is 340 g/mol. The molecule has 0 bridgehead atoms. The number of imide groups is 1. The third kappa shape index (κ3) is 5.32. The van der Waals surface area contributed by atoms with Crippen molar-refractivity contribution in [1.82, 2.24) is 5.32 Å². The Morgan fingerprint density at radius 1 is 1.11 bits per heavy atom. The lowest BCUT2D eigenvalue weighted by molar-refractivity contribution is -0.135. The van der Waals surface area contributed by atoms with Crippen LogP contribution in [0.1, 0.15) is 90.6 Å². The van der Waals surface area contributed by atoms with Crippen LogP contribution in [0.2, 0.25) is 0 Å². The van der Waals surface area contributed by atoms with Crippen LogP contribution in [0.25, 0.3) is 0 Å². The van der Waals surface area contributed by atoms with Gasteiger partial charge in [-0.1, -0.05) is 58.6 Å². The lowest BCUT2D eigenvalue weighted by Gasteiger charge is -2.31. The average Bonchev–Trinajstić information content (AvgIpc) is 2.98. The average molecular weight is 377 g/mol. The van der Waals surface area contributed by atoms with Crippen molar-refractivity contribution in [3.8, 4) is 0 Å². The molecule has 2 fully saturated rings. The van der Waals surface area contributed by atoms with E-state index in [1.807, 2.05) is 19.9 Å². The predicted octanol–water partition coefficient (Wildman–Crippen LogP) is 4.96. The summed E-state index contributed by atoms with van der Waals surface area (Å²) in [6.45, 7) is 6.06. The van der Waals surface area contributed by atoms with E-state index in [0.717, 1.165) is 17.0 Å². The molecule has 5 nitrogen and oxygen atoms in total. The summed E-state index contributed by atoms with van der Waals surface area (Å²) in [7, 11) is 0. The van der Waals surface area contributed by atoms with Crippen molar-refractivity contribution < 1.29 is 16.2 Å². The number of amides is 2. The molecular formula is C22H36N2O3. The fourth-order valence-electron chi connectivity index (χ4n) is 4.06. The van der Waals surface area contributed by atoms with Crippen molar-refractivity contribution in [1.29, 1.82) is 0 Å². The molecule has 5 heteroatoms. The third-order valence-corrected chi connectivity index (χ3v) is 5.56. The Labute approximate surface area is 164 Å². The molecule has 1 aromatic rings. The van der Waals surface area contributed by atoms with Crippen molar-refractivity contribution in [2.75, 3.05) is 5.06 Å². The van der Waals surface area contributed by atoms with Crippen LogP contribution in [-0.4, -0.2) is 23.1 Å². The molecule has 0 aromatic heterocycles. The maximum atomic E-state index is 12.0. The second-order valence-corrected chi connectivity index (χ2v) is 7.24. The first kappa shape index (κ1) is 21.4. The van der Waals surface area contributed by atoms with E-state index in [0.29, 0.717) is 18.0 Å². The van der Waals surface area contributed by atoms with Crippen LogP contribution in [0.3, 0.4) is 0 Å². The minimum absolute atomic E-state index is 0. The Kier molecular flexibility index (Phi) is 8.29. The Morgan fingerprint density at radius 2 is 1.78 bits per heavy atom. The van der Waals surface area contributed by atoms with E-state index in [9.17, 15) is 14.8 Å². The number of carbonyl (C=O) groups excluding carboxylic acids is 2. The number of aryl methyl sites for hydroxylation is 1. The zero-order valence-corrected chi connectivity index (χ0v) is 17.0. The molecule has 3 rings (SSSR count). The van der Waals surface area contributed by atoms with Crippen molar-refractivity contribution in [3.05, 3.63) is 29.3 Å². The van der Waals surface area contributed by atoms with Gasteiger partial charge in [-0.15, -0.1) is 0 Å². The SMILES string of the molecule is CC.CCc1cc(C2CCCCCC2)ccc1N(O)C1CCC(=O)NC1=O.[HH]. The fourth-order valence-corrected chi connectivity index (χ4v) is 4.06. The number of rotatable bonds is 4. The number of nitrogens with one attached hydrogen (secondary N) is 1. The van der Waals surface area contributed by atoms with Gasteiger partial charge in [-0.05, 0) is 48.8 Å². The fraction of sp³-hybridized carbons (Fsp3) is 0.636. The van der Waals surface area contributed by atoms with Gasteiger partial charge in [0.05, 0.1) is 5.69 Å². The zero-order chi connectivity index (χ0) is 19.8. The van der Waals surface area contributed by atoms with Gasteiger partial charge in [-0.25, -0.2) is 5.06 Å². The number of benzene rings is 1. The Balaban J connectivity index is 0.00000127. The summed E-state index contributed by atoms with van der Waals surface area (Å²) in [4.78, 5) is 23.4. The topological polar surface area (TPSA) is 69.6 Å². The quantitative estimate of drug-likeness (QED) is 0.443. The first-order valence-electron chi connectivity index (χ1n) is 10.5. The van der Waals surface area contributed by atoms with E-state index in [1.165, 1.54) is 44.1 Å². The zero-order valence-electron chi connectivity index (χ0n) is 17.0. The Bertz CT molecular complexity index is 643. The van der Waals surface area contributed by atoms with Crippen LogP contribution in [0.5, 0.6) is 0 Å². The van der Waals surface area contributed by atoms with Gasteiger partial charge in [0.2, 0.25) is 5.91 Å². The molecule has 1 atom stereocenters. The summed E-state index contributed by atoms with van der Waals surface area (Å²) in [5, 5.41) is 14.0. The minimum atomic E-state index is -0.702. The molecule has 1 heterocycles. The molecule has 27 heavy (non-hydrogen) atoms. The summed E-state index contributed by atoms with van der Waals surface area (Å²) in [5.74, 6) is -0.0904. The molecule has 0 radical (unpaired) electrons. The molecule has 152 valence electrons. The molecule has 2 amide bonds. The van der Waals surface area contributed by atoms with Crippen LogP contribution in [0.4, 0.5) is 5.69 Å². The monoisotopic (exact) mass is 376 g/mol. The molecule has 1 saturated carbocycles. The number of hydrogen-bond acceptors (Lipinski definition) is 4. The van der Waals surface area contributed by atoms with Gasteiger partial charge < -0.3 is 0 Å². The van der Waals surface area contributed by atoms with Gasteiger partial charge >= 0.3 is 0 Å². The van der Waals surface area contributed by atoms with E-state index < -0.39 is 11.9 Å². The normalized spacial score (nSPS) is 21.0. The van der Waals surface area contributed by atoms with E-state index in [-0.39, 0.29) is 13.8 Å². The second kappa shape index (κ2) is 10.5. The molecule has 0 spiro atoms. The van der Waals surface area contributed by atoms with Gasteiger partial charge in [0.15, 0.2) is 0 Å². The lowest BCUT2D eigenvalue weighted by Crippen LogP contribution is -2.51. The summed E-state index contributed by atoms with van der Waals surface area (Å²) in [6, 6.07) is 5.52. The van der Waals surface area contributed by atoms with Crippen LogP contribution < -0.4 is 10.4 Å². The lowest BCUT2D eigenvalue weighted by atomic mass is 9.89. The number of hydrogen-bond donors (Lipinski definition) is 2. The summed E-state index contributed by atoms with van der Waals surface area (Å²) in [6.07, 6.45) is 9.10. The standard InChI is InChI=1S/C20H28N2O3.C2H6.H2/c1-2-14-13-16(15-7-5-3-4-6-8-15)9-10-17(14)22(25)18-11-12-19(23)21-20(18)24;1-2;/h9-10,13,15,18,25H,2-8,11-12H2,1H3,(H,21,23,24);1-2H3;1H. The van der Waals surface area contributed by atoms with Gasteiger partial charge in [0.25, 0.3) is 5.91 Å². The van der Waals surface area contributed by atoms with Gasteiger partial charge in [-0.3, -0.25) is 20.1 Å².